The van der Waals surface area contributed by atoms with Gasteiger partial charge in [-0.25, -0.2) is 9.37 Å². The molecule has 0 aliphatic rings. The van der Waals surface area contributed by atoms with Gasteiger partial charge >= 0.3 is 5.97 Å². The van der Waals surface area contributed by atoms with Gasteiger partial charge in [-0.2, -0.15) is 0 Å². The Bertz CT molecular complexity index is 1300. The van der Waals surface area contributed by atoms with Gasteiger partial charge in [-0.1, -0.05) is 30.0 Å². The van der Waals surface area contributed by atoms with Crippen molar-refractivity contribution in [3.05, 3.63) is 70.1 Å². The van der Waals surface area contributed by atoms with E-state index in [0.717, 1.165) is 17.3 Å². The third-order valence-corrected chi connectivity index (χ3v) is 6.16. The molecule has 30 heavy (non-hydrogen) atoms. The van der Waals surface area contributed by atoms with Crippen LogP contribution in [0.3, 0.4) is 0 Å². The molecule has 0 aliphatic carbocycles. The third kappa shape index (κ3) is 3.81. The summed E-state index contributed by atoms with van der Waals surface area (Å²) in [6, 6.07) is 12.9. The number of carboxylic acids is 1. The predicted octanol–water partition coefficient (Wildman–Crippen LogP) is 4.44. The summed E-state index contributed by atoms with van der Waals surface area (Å²) in [6.07, 6.45) is 0. The zero-order chi connectivity index (χ0) is 21.3. The second kappa shape index (κ2) is 8.29. The molecule has 0 unspecified atom stereocenters. The molecular weight excluding hydrogens is 427 g/mol. The summed E-state index contributed by atoms with van der Waals surface area (Å²) < 4.78 is 20.3. The van der Waals surface area contributed by atoms with Crippen LogP contribution in [0.4, 0.5) is 4.39 Å². The van der Waals surface area contributed by atoms with E-state index >= 15 is 0 Å². The van der Waals surface area contributed by atoms with Crippen LogP contribution in [0.5, 0.6) is 5.75 Å². The van der Waals surface area contributed by atoms with Gasteiger partial charge in [-0.3, -0.25) is 14.2 Å². The van der Waals surface area contributed by atoms with Gasteiger partial charge in [0.1, 0.15) is 16.4 Å². The lowest BCUT2D eigenvalue weighted by atomic mass is 10.1. The molecular formula is C21H15FN2O4S2. The zero-order valence-electron chi connectivity index (χ0n) is 15.7. The summed E-state index contributed by atoms with van der Waals surface area (Å²) in [6.45, 7) is 0. The molecule has 2 aromatic heterocycles. The molecule has 4 aromatic rings. The monoisotopic (exact) mass is 442 g/mol. The average Bonchev–Trinajstić information content (AvgIpc) is 3.16. The van der Waals surface area contributed by atoms with Crippen molar-refractivity contribution < 1.29 is 19.0 Å². The van der Waals surface area contributed by atoms with E-state index in [0.29, 0.717) is 21.5 Å². The Kier molecular flexibility index (Phi) is 5.56. The Morgan fingerprint density at radius 1 is 1.27 bits per heavy atom. The van der Waals surface area contributed by atoms with Crippen LogP contribution in [0.2, 0.25) is 0 Å². The first kappa shape index (κ1) is 20.1. The molecule has 4 rings (SSSR count). The van der Waals surface area contributed by atoms with Gasteiger partial charge in [-0.15, -0.1) is 11.3 Å². The maximum Gasteiger partial charge on any atom is 0.313 e. The van der Waals surface area contributed by atoms with Crippen LogP contribution in [0.15, 0.2) is 63.9 Å². The number of hydrogen-bond donors (Lipinski definition) is 1. The van der Waals surface area contributed by atoms with E-state index < -0.39 is 11.8 Å². The SMILES string of the molecule is COc1ccc(-c2csc3nc(SCC(=O)O)n(-c4cccc(F)c4)c(=O)c23)cc1. The van der Waals surface area contributed by atoms with Gasteiger partial charge in [-0.05, 0) is 35.9 Å². The molecule has 152 valence electrons. The topological polar surface area (TPSA) is 81.4 Å². The fourth-order valence-electron chi connectivity index (χ4n) is 3.02. The summed E-state index contributed by atoms with van der Waals surface area (Å²) in [7, 11) is 1.58. The fraction of sp³-hybridized carbons (Fsp3) is 0.0952. The van der Waals surface area contributed by atoms with Crippen LogP contribution in [0, 0.1) is 5.82 Å². The van der Waals surface area contributed by atoms with E-state index in [1.807, 2.05) is 17.5 Å². The van der Waals surface area contributed by atoms with Gasteiger partial charge < -0.3 is 9.84 Å². The first-order valence-electron chi connectivity index (χ1n) is 8.77. The Hall–Kier alpha value is -3.17. The molecule has 0 spiro atoms. The van der Waals surface area contributed by atoms with Gasteiger partial charge in [0, 0.05) is 10.9 Å². The number of nitrogens with zero attached hydrogens (tertiary/aromatic N) is 2. The fourth-order valence-corrected chi connectivity index (χ4v) is 4.74. The lowest BCUT2D eigenvalue weighted by molar-refractivity contribution is -0.133. The number of fused-ring (bicyclic) bond motifs is 1. The molecule has 0 radical (unpaired) electrons. The van der Waals surface area contributed by atoms with Crippen molar-refractivity contribution in [3.63, 3.8) is 0 Å². The Balaban J connectivity index is 1.95. The van der Waals surface area contributed by atoms with E-state index in [2.05, 4.69) is 4.98 Å². The quantitative estimate of drug-likeness (QED) is 0.351. The number of ether oxygens (including phenoxy) is 1. The lowest BCUT2D eigenvalue weighted by Crippen LogP contribution is -2.22. The number of thioether (sulfide) groups is 1. The molecule has 9 heteroatoms. The second-order valence-corrected chi connectivity index (χ2v) is 8.06. The second-order valence-electron chi connectivity index (χ2n) is 6.26. The minimum atomic E-state index is -1.04. The van der Waals surface area contributed by atoms with Gasteiger partial charge in [0.25, 0.3) is 5.56 Å². The van der Waals surface area contributed by atoms with Crippen molar-refractivity contribution in [2.75, 3.05) is 12.9 Å². The zero-order valence-corrected chi connectivity index (χ0v) is 17.3. The van der Waals surface area contributed by atoms with Gasteiger partial charge in [0.2, 0.25) is 0 Å². The Morgan fingerprint density at radius 2 is 2.03 bits per heavy atom. The first-order valence-corrected chi connectivity index (χ1v) is 10.6. The molecule has 6 nitrogen and oxygen atoms in total. The third-order valence-electron chi connectivity index (χ3n) is 4.37. The number of rotatable bonds is 6. The summed E-state index contributed by atoms with van der Waals surface area (Å²) in [5.74, 6) is -1.12. The normalized spacial score (nSPS) is 11.0. The van der Waals surface area contributed by atoms with Crippen LogP contribution in [0.25, 0.3) is 27.0 Å². The molecule has 0 saturated heterocycles. The molecule has 2 aromatic carbocycles. The van der Waals surface area contributed by atoms with Crippen molar-refractivity contribution in [1.29, 1.82) is 0 Å². The minimum absolute atomic E-state index is 0.198. The number of thiophene rings is 1. The number of carboxylic acid groups (broad SMARTS) is 1. The standard InChI is InChI=1S/C21H15FN2O4S2/c1-28-15-7-5-12(6-8-15)16-10-29-19-18(16)20(27)24(14-4-2-3-13(22)9-14)21(23-19)30-11-17(25)26/h2-10H,11H2,1H3,(H,25,26). The molecule has 0 aliphatic heterocycles. The van der Waals surface area contributed by atoms with Gasteiger partial charge in [0.15, 0.2) is 5.16 Å². The van der Waals surface area contributed by atoms with Crippen LogP contribution in [0.1, 0.15) is 0 Å². The number of aromatic nitrogens is 2. The highest BCUT2D eigenvalue weighted by atomic mass is 32.2. The smallest absolute Gasteiger partial charge is 0.313 e. The molecule has 0 amide bonds. The molecule has 0 bridgehead atoms. The Labute approximate surface area is 178 Å². The summed E-state index contributed by atoms with van der Waals surface area (Å²) in [4.78, 5) is 29.6. The summed E-state index contributed by atoms with van der Waals surface area (Å²) in [5.41, 5.74) is 1.42. The number of hydrogen-bond acceptors (Lipinski definition) is 6. The van der Waals surface area contributed by atoms with Crippen LogP contribution in [-0.4, -0.2) is 33.5 Å². The minimum Gasteiger partial charge on any atom is -0.497 e. The Morgan fingerprint density at radius 3 is 2.70 bits per heavy atom. The molecule has 0 fully saturated rings. The summed E-state index contributed by atoms with van der Waals surface area (Å²) in [5, 5.41) is 11.5. The van der Waals surface area contributed by atoms with E-state index in [1.165, 1.54) is 34.1 Å². The van der Waals surface area contributed by atoms with E-state index in [-0.39, 0.29) is 22.2 Å². The number of carbonyl (C=O) groups is 1. The maximum atomic E-state index is 13.9. The highest BCUT2D eigenvalue weighted by molar-refractivity contribution is 7.99. The molecule has 1 N–H and O–H groups in total. The van der Waals surface area contributed by atoms with Gasteiger partial charge in [0.05, 0.1) is 23.9 Å². The van der Waals surface area contributed by atoms with Crippen LogP contribution < -0.4 is 10.3 Å². The van der Waals surface area contributed by atoms with Crippen LogP contribution >= 0.6 is 23.1 Å². The van der Waals surface area contributed by atoms with Crippen molar-refractivity contribution in [1.82, 2.24) is 9.55 Å². The van der Waals surface area contributed by atoms with Crippen LogP contribution in [-0.2, 0) is 4.79 Å². The first-order chi connectivity index (χ1) is 14.5. The highest BCUT2D eigenvalue weighted by Crippen LogP contribution is 2.33. The van der Waals surface area contributed by atoms with E-state index in [9.17, 15) is 14.0 Å². The number of halogens is 1. The van der Waals surface area contributed by atoms with E-state index in [1.54, 1.807) is 25.3 Å². The average molecular weight is 442 g/mol. The number of methoxy groups -OCH3 is 1. The summed E-state index contributed by atoms with van der Waals surface area (Å²) >= 11 is 2.21. The van der Waals surface area contributed by atoms with Crippen molar-refractivity contribution in [2.24, 2.45) is 0 Å². The predicted molar refractivity (Wildman–Crippen MR) is 116 cm³/mol. The van der Waals surface area contributed by atoms with Crippen molar-refractivity contribution in [2.45, 2.75) is 5.16 Å². The number of aliphatic carboxylic acids is 1. The molecule has 2 heterocycles. The molecule has 0 saturated carbocycles. The highest BCUT2D eigenvalue weighted by Gasteiger charge is 2.19. The largest absolute Gasteiger partial charge is 0.497 e. The van der Waals surface area contributed by atoms with Crippen molar-refractivity contribution in [3.8, 4) is 22.6 Å². The number of benzene rings is 2. The van der Waals surface area contributed by atoms with Crippen molar-refractivity contribution >= 4 is 39.3 Å². The maximum absolute atomic E-state index is 13.9. The lowest BCUT2D eigenvalue weighted by Gasteiger charge is -2.12. The molecule has 0 atom stereocenters. The van der Waals surface area contributed by atoms with E-state index in [4.69, 9.17) is 9.84 Å².